The first-order valence-corrected chi connectivity index (χ1v) is 9.39. The van der Waals surface area contributed by atoms with Crippen LogP contribution in [0.5, 0.6) is 0 Å². The van der Waals surface area contributed by atoms with Crippen molar-refractivity contribution in [1.82, 2.24) is 10.1 Å². The number of nitrogens with zero attached hydrogens (tertiary/aromatic N) is 2. The number of para-hydroxylation sites is 1. The summed E-state index contributed by atoms with van der Waals surface area (Å²) in [6.07, 6.45) is 6.75. The lowest BCUT2D eigenvalue weighted by atomic mass is 9.93. The SMILES string of the molecule is CC(C)c1ccnc2ccccc12.CC(C)c1onc2c1CCCC2. The van der Waals surface area contributed by atoms with Gasteiger partial charge in [-0.25, -0.2) is 0 Å². The highest BCUT2D eigenvalue weighted by Gasteiger charge is 2.20. The minimum atomic E-state index is 0.486. The topological polar surface area (TPSA) is 38.9 Å². The molecule has 0 unspecified atom stereocenters. The molecule has 0 aliphatic heterocycles. The summed E-state index contributed by atoms with van der Waals surface area (Å²) in [5.74, 6) is 2.16. The molecule has 25 heavy (non-hydrogen) atoms. The van der Waals surface area contributed by atoms with Crippen LogP contribution in [0.15, 0.2) is 41.1 Å². The molecule has 1 aliphatic carbocycles. The van der Waals surface area contributed by atoms with Crippen molar-refractivity contribution in [3.63, 3.8) is 0 Å². The van der Waals surface area contributed by atoms with Crippen molar-refractivity contribution in [3.8, 4) is 0 Å². The van der Waals surface area contributed by atoms with Crippen LogP contribution in [-0.4, -0.2) is 10.1 Å². The number of aromatic nitrogens is 2. The molecule has 3 nitrogen and oxygen atoms in total. The summed E-state index contributed by atoms with van der Waals surface area (Å²) in [6, 6.07) is 10.4. The molecule has 0 radical (unpaired) electrons. The van der Waals surface area contributed by atoms with Crippen LogP contribution in [0, 0.1) is 0 Å². The van der Waals surface area contributed by atoms with Crippen LogP contribution < -0.4 is 0 Å². The average molecular weight is 336 g/mol. The third-order valence-corrected chi connectivity index (χ3v) is 4.82. The molecule has 2 aromatic heterocycles. The number of benzene rings is 1. The van der Waals surface area contributed by atoms with Crippen molar-refractivity contribution >= 4 is 10.9 Å². The molecule has 0 amide bonds. The molecular weight excluding hydrogens is 308 g/mol. The molecule has 4 rings (SSSR count). The molecule has 0 fully saturated rings. The number of pyridine rings is 1. The second-order valence-corrected chi connectivity index (χ2v) is 7.41. The summed E-state index contributed by atoms with van der Waals surface area (Å²) >= 11 is 0. The van der Waals surface area contributed by atoms with E-state index in [4.69, 9.17) is 4.52 Å². The maximum Gasteiger partial charge on any atom is 0.142 e. The molecule has 0 saturated carbocycles. The van der Waals surface area contributed by atoms with Gasteiger partial charge in [-0.05, 0) is 49.3 Å². The Kier molecular flexibility index (Phi) is 5.52. The monoisotopic (exact) mass is 336 g/mol. The Morgan fingerprint density at radius 1 is 0.920 bits per heavy atom. The molecule has 0 spiro atoms. The van der Waals surface area contributed by atoms with Gasteiger partial charge in [-0.1, -0.05) is 51.1 Å². The molecule has 0 N–H and O–H groups in total. The van der Waals surface area contributed by atoms with Crippen LogP contribution in [0.4, 0.5) is 0 Å². The van der Waals surface area contributed by atoms with Gasteiger partial charge in [0.05, 0.1) is 11.2 Å². The van der Waals surface area contributed by atoms with Gasteiger partial charge in [0.25, 0.3) is 0 Å². The van der Waals surface area contributed by atoms with Crippen LogP contribution in [0.25, 0.3) is 10.9 Å². The lowest BCUT2D eigenvalue weighted by Gasteiger charge is -2.10. The number of fused-ring (bicyclic) bond motifs is 2. The van der Waals surface area contributed by atoms with E-state index in [0.717, 1.165) is 17.7 Å². The van der Waals surface area contributed by atoms with E-state index >= 15 is 0 Å². The van der Waals surface area contributed by atoms with Crippen molar-refractivity contribution in [2.45, 2.75) is 65.2 Å². The van der Waals surface area contributed by atoms with E-state index in [9.17, 15) is 0 Å². The van der Waals surface area contributed by atoms with Gasteiger partial charge in [0.15, 0.2) is 0 Å². The zero-order valence-corrected chi connectivity index (χ0v) is 15.7. The van der Waals surface area contributed by atoms with E-state index in [1.807, 2.05) is 12.3 Å². The summed E-state index contributed by atoms with van der Waals surface area (Å²) in [6.45, 7) is 8.74. The van der Waals surface area contributed by atoms with Crippen molar-refractivity contribution in [3.05, 3.63) is 59.1 Å². The zero-order valence-electron chi connectivity index (χ0n) is 15.7. The maximum absolute atomic E-state index is 5.33. The number of hydrogen-bond acceptors (Lipinski definition) is 3. The molecular formula is C22H28N2O. The first-order chi connectivity index (χ1) is 12.1. The first-order valence-electron chi connectivity index (χ1n) is 9.39. The fourth-order valence-electron chi connectivity index (χ4n) is 3.49. The van der Waals surface area contributed by atoms with Crippen molar-refractivity contribution < 1.29 is 4.52 Å². The lowest BCUT2D eigenvalue weighted by molar-refractivity contribution is 0.365. The predicted molar refractivity (Wildman–Crippen MR) is 103 cm³/mol. The van der Waals surface area contributed by atoms with Gasteiger partial charge >= 0.3 is 0 Å². The molecule has 132 valence electrons. The maximum atomic E-state index is 5.33. The van der Waals surface area contributed by atoms with E-state index in [1.165, 1.54) is 41.5 Å². The molecule has 0 atom stereocenters. The second-order valence-electron chi connectivity index (χ2n) is 7.41. The summed E-state index contributed by atoms with van der Waals surface area (Å²) in [5.41, 5.74) is 5.08. The van der Waals surface area contributed by atoms with Gasteiger partial charge in [0.2, 0.25) is 0 Å². The third-order valence-electron chi connectivity index (χ3n) is 4.82. The van der Waals surface area contributed by atoms with Gasteiger partial charge in [-0.3, -0.25) is 4.98 Å². The van der Waals surface area contributed by atoms with Crippen LogP contribution in [0.1, 0.15) is 75.0 Å². The third kappa shape index (κ3) is 3.92. The quantitative estimate of drug-likeness (QED) is 0.573. The fraction of sp³-hybridized carbons (Fsp3) is 0.455. The summed E-state index contributed by atoms with van der Waals surface area (Å²) in [4.78, 5) is 4.32. The molecule has 0 saturated heterocycles. The molecule has 0 bridgehead atoms. The second kappa shape index (κ2) is 7.81. The lowest BCUT2D eigenvalue weighted by Crippen LogP contribution is -2.02. The Balaban J connectivity index is 0.000000146. The summed E-state index contributed by atoms with van der Waals surface area (Å²) in [7, 11) is 0. The molecule has 2 heterocycles. The van der Waals surface area contributed by atoms with Crippen LogP contribution >= 0.6 is 0 Å². The van der Waals surface area contributed by atoms with Crippen molar-refractivity contribution in [2.24, 2.45) is 0 Å². The van der Waals surface area contributed by atoms with Crippen LogP contribution in [0.3, 0.4) is 0 Å². The van der Waals surface area contributed by atoms with Gasteiger partial charge in [0.1, 0.15) is 5.76 Å². The molecule has 3 heteroatoms. The smallest absolute Gasteiger partial charge is 0.142 e. The Hall–Kier alpha value is -2.16. The van der Waals surface area contributed by atoms with Gasteiger partial charge < -0.3 is 4.52 Å². The Morgan fingerprint density at radius 3 is 2.44 bits per heavy atom. The average Bonchev–Trinajstić information content (AvgIpc) is 3.06. The van der Waals surface area contributed by atoms with Crippen molar-refractivity contribution in [2.75, 3.05) is 0 Å². The molecule has 1 aliphatic rings. The normalized spacial score (nSPS) is 13.7. The standard InChI is InChI=1S/C12H13N.C10H15NO/c1-9(2)10-7-8-13-12-6-4-3-5-11(10)12;1-7(2)10-8-5-3-4-6-9(8)11-12-10/h3-9H,1-2H3;7H,3-6H2,1-2H3. The summed E-state index contributed by atoms with van der Waals surface area (Å²) < 4.78 is 5.33. The predicted octanol–water partition coefficient (Wildman–Crippen LogP) is 6.04. The highest BCUT2D eigenvalue weighted by molar-refractivity contribution is 5.82. The zero-order chi connectivity index (χ0) is 17.8. The highest BCUT2D eigenvalue weighted by atomic mass is 16.5. The van der Waals surface area contributed by atoms with E-state index in [1.54, 1.807) is 0 Å². The van der Waals surface area contributed by atoms with Crippen molar-refractivity contribution in [1.29, 1.82) is 0 Å². The van der Waals surface area contributed by atoms with Gasteiger partial charge in [0, 0.05) is 23.1 Å². The van der Waals surface area contributed by atoms with Gasteiger partial charge in [-0.15, -0.1) is 0 Å². The number of aryl methyl sites for hydroxylation is 1. The van der Waals surface area contributed by atoms with E-state index in [2.05, 4.69) is 62.1 Å². The van der Waals surface area contributed by atoms with E-state index in [-0.39, 0.29) is 0 Å². The largest absolute Gasteiger partial charge is 0.361 e. The Bertz CT molecular complexity index is 828. The number of rotatable bonds is 2. The summed E-state index contributed by atoms with van der Waals surface area (Å²) in [5, 5.41) is 5.38. The first kappa shape index (κ1) is 17.7. The Morgan fingerprint density at radius 2 is 1.68 bits per heavy atom. The number of hydrogen-bond donors (Lipinski definition) is 0. The molecule has 1 aromatic carbocycles. The minimum absolute atomic E-state index is 0.486. The van der Waals surface area contributed by atoms with E-state index in [0.29, 0.717) is 11.8 Å². The highest BCUT2D eigenvalue weighted by Crippen LogP contribution is 2.28. The van der Waals surface area contributed by atoms with Gasteiger partial charge in [-0.2, -0.15) is 0 Å². The van der Waals surface area contributed by atoms with Crippen LogP contribution in [0.2, 0.25) is 0 Å². The molecule has 3 aromatic rings. The minimum Gasteiger partial charge on any atom is -0.361 e. The Labute approximate surface area is 150 Å². The fourth-order valence-corrected chi connectivity index (χ4v) is 3.49. The van der Waals surface area contributed by atoms with Crippen LogP contribution in [-0.2, 0) is 12.8 Å². The van der Waals surface area contributed by atoms with E-state index < -0.39 is 0 Å².